The predicted molar refractivity (Wildman–Crippen MR) is 132 cm³/mol. The first kappa shape index (κ1) is 23.8. The average Bonchev–Trinajstić information content (AvgIpc) is 3.34. The average molecular weight is 463 g/mol. The molecule has 0 saturated carbocycles. The highest BCUT2D eigenvalue weighted by Gasteiger charge is 2.19. The molecule has 7 heteroatoms. The van der Waals surface area contributed by atoms with Gasteiger partial charge < -0.3 is 14.4 Å². The monoisotopic (exact) mass is 462 g/mol. The molecule has 4 rings (SSSR count). The number of likely N-dealkylation sites (N-methyl/N-ethyl adjacent to an activating group) is 1. The Morgan fingerprint density at radius 1 is 1.03 bits per heavy atom. The summed E-state index contributed by atoms with van der Waals surface area (Å²) in [4.78, 5) is 17.2. The van der Waals surface area contributed by atoms with Crippen molar-refractivity contribution in [2.24, 2.45) is 0 Å². The summed E-state index contributed by atoms with van der Waals surface area (Å²) in [6.45, 7) is 9.65. The number of fused-ring (bicyclic) bond motifs is 1. The predicted octanol–water partition coefficient (Wildman–Crippen LogP) is 3.62. The molecule has 0 N–H and O–H groups in total. The first-order valence-electron chi connectivity index (χ1n) is 12.1. The standard InChI is InChI=1S/C27H34N4O3/c1-3-30-15-14-29(16-17-34-25-9-6-5-8-23(25)19-27(30)32)20-22-10-11-26(33-4-2)24(18-22)21-31-13-7-12-28-31/h5-13,18H,3-4,14-17,19-21H2,1-2H3. The van der Waals surface area contributed by atoms with Crippen molar-refractivity contribution in [2.75, 3.05) is 39.4 Å². The van der Waals surface area contributed by atoms with Crippen LogP contribution in [-0.4, -0.2) is 64.9 Å². The fourth-order valence-electron chi connectivity index (χ4n) is 4.32. The van der Waals surface area contributed by atoms with E-state index in [4.69, 9.17) is 9.47 Å². The maximum absolute atomic E-state index is 12.9. The molecule has 1 aliphatic rings. The van der Waals surface area contributed by atoms with Crippen LogP contribution in [0, 0.1) is 0 Å². The molecule has 7 nitrogen and oxygen atoms in total. The summed E-state index contributed by atoms with van der Waals surface area (Å²) in [6, 6.07) is 16.2. The fourth-order valence-corrected chi connectivity index (χ4v) is 4.32. The number of carbonyl (C=O) groups excluding carboxylic acids is 1. The van der Waals surface area contributed by atoms with E-state index in [-0.39, 0.29) is 5.91 Å². The van der Waals surface area contributed by atoms with Crippen molar-refractivity contribution in [3.8, 4) is 11.5 Å². The van der Waals surface area contributed by atoms with Gasteiger partial charge in [-0.2, -0.15) is 5.10 Å². The van der Waals surface area contributed by atoms with Gasteiger partial charge in [-0.25, -0.2) is 0 Å². The molecule has 0 atom stereocenters. The number of aromatic nitrogens is 2. The molecule has 0 radical (unpaired) electrons. The summed E-state index contributed by atoms with van der Waals surface area (Å²) >= 11 is 0. The van der Waals surface area contributed by atoms with E-state index in [0.717, 1.165) is 42.3 Å². The lowest BCUT2D eigenvalue weighted by atomic mass is 10.1. The Morgan fingerprint density at radius 3 is 2.71 bits per heavy atom. The lowest BCUT2D eigenvalue weighted by molar-refractivity contribution is -0.130. The molecule has 2 aromatic carbocycles. The number of hydrogen-bond donors (Lipinski definition) is 0. The molecular formula is C27H34N4O3. The molecule has 0 fully saturated rings. The molecule has 0 unspecified atom stereocenters. The molecule has 0 aliphatic carbocycles. The van der Waals surface area contributed by atoms with Gasteiger partial charge in [0.25, 0.3) is 0 Å². The number of benzene rings is 2. The number of ether oxygens (including phenoxy) is 2. The van der Waals surface area contributed by atoms with Crippen LogP contribution in [0.2, 0.25) is 0 Å². The number of amides is 1. The Labute approximate surface area is 201 Å². The Morgan fingerprint density at radius 2 is 1.91 bits per heavy atom. The van der Waals surface area contributed by atoms with Gasteiger partial charge >= 0.3 is 0 Å². The van der Waals surface area contributed by atoms with Crippen LogP contribution in [0.3, 0.4) is 0 Å². The Bertz CT molecular complexity index is 1070. The molecule has 1 aromatic heterocycles. The third-order valence-electron chi connectivity index (χ3n) is 6.12. The lowest BCUT2D eigenvalue weighted by Gasteiger charge is -2.27. The maximum Gasteiger partial charge on any atom is 0.227 e. The summed E-state index contributed by atoms with van der Waals surface area (Å²) in [7, 11) is 0. The van der Waals surface area contributed by atoms with E-state index in [1.165, 1.54) is 5.56 Å². The molecule has 1 aliphatic heterocycles. The second-order valence-electron chi connectivity index (χ2n) is 8.46. The van der Waals surface area contributed by atoms with E-state index in [0.29, 0.717) is 39.3 Å². The van der Waals surface area contributed by atoms with Gasteiger partial charge in [-0.05, 0) is 43.7 Å². The van der Waals surface area contributed by atoms with Crippen LogP contribution in [0.15, 0.2) is 60.9 Å². The number of carbonyl (C=O) groups is 1. The van der Waals surface area contributed by atoms with E-state index < -0.39 is 0 Å². The van der Waals surface area contributed by atoms with Gasteiger partial charge in [0, 0.05) is 56.2 Å². The van der Waals surface area contributed by atoms with Crippen LogP contribution in [0.25, 0.3) is 0 Å². The normalized spacial score (nSPS) is 15.4. The quantitative estimate of drug-likeness (QED) is 0.537. The van der Waals surface area contributed by atoms with E-state index >= 15 is 0 Å². The second kappa shape index (κ2) is 11.7. The van der Waals surface area contributed by atoms with E-state index in [1.807, 2.05) is 60.0 Å². The first-order valence-corrected chi connectivity index (χ1v) is 12.1. The molecule has 0 bridgehead atoms. The highest BCUT2D eigenvalue weighted by Crippen LogP contribution is 2.23. The van der Waals surface area contributed by atoms with Gasteiger partial charge in [0.2, 0.25) is 5.91 Å². The minimum atomic E-state index is 0.142. The molecular weight excluding hydrogens is 428 g/mol. The first-order chi connectivity index (χ1) is 16.7. The van der Waals surface area contributed by atoms with Crippen molar-refractivity contribution in [3.05, 3.63) is 77.6 Å². The zero-order chi connectivity index (χ0) is 23.8. The lowest BCUT2D eigenvalue weighted by Crippen LogP contribution is -2.39. The third kappa shape index (κ3) is 6.17. The summed E-state index contributed by atoms with van der Waals surface area (Å²) in [5.74, 6) is 1.83. The number of rotatable bonds is 7. The van der Waals surface area contributed by atoms with Crippen LogP contribution < -0.4 is 9.47 Å². The smallest absolute Gasteiger partial charge is 0.227 e. The van der Waals surface area contributed by atoms with Crippen LogP contribution in [0.1, 0.15) is 30.5 Å². The molecule has 3 aromatic rings. The van der Waals surface area contributed by atoms with Gasteiger partial charge in [0.05, 0.1) is 19.6 Å². The van der Waals surface area contributed by atoms with Crippen molar-refractivity contribution < 1.29 is 14.3 Å². The largest absolute Gasteiger partial charge is 0.494 e. The van der Waals surface area contributed by atoms with Crippen LogP contribution in [0.4, 0.5) is 0 Å². The van der Waals surface area contributed by atoms with Gasteiger partial charge in [-0.3, -0.25) is 14.4 Å². The van der Waals surface area contributed by atoms with E-state index in [1.54, 1.807) is 6.20 Å². The fraction of sp³-hybridized carbons (Fsp3) is 0.407. The Kier molecular flexibility index (Phi) is 8.20. The molecule has 0 saturated heterocycles. The Hall–Kier alpha value is -3.32. The third-order valence-corrected chi connectivity index (χ3v) is 6.12. The topological polar surface area (TPSA) is 59.8 Å². The van der Waals surface area contributed by atoms with Crippen LogP contribution in [0.5, 0.6) is 11.5 Å². The molecule has 180 valence electrons. The molecule has 0 spiro atoms. The second-order valence-corrected chi connectivity index (χ2v) is 8.46. The van der Waals surface area contributed by atoms with Crippen molar-refractivity contribution in [1.29, 1.82) is 0 Å². The number of para-hydroxylation sites is 1. The minimum Gasteiger partial charge on any atom is -0.494 e. The van der Waals surface area contributed by atoms with E-state index in [9.17, 15) is 4.79 Å². The van der Waals surface area contributed by atoms with Crippen LogP contribution >= 0.6 is 0 Å². The van der Waals surface area contributed by atoms with Crippen molar-refractivity contribution >= 4 is 5.91 Å². The number of hydrogen-bond acceptors (Lipinski definition) is 5. The van der Waals surface area contributed by atoms with E-state index in [2.05, 4.69) is 28.2 Å². The summed E-state index contributed by atoms with van der Waals surface area (Å²) in [5, 5.41) is 4.35. The van der Waals surface area contributed by atoms with Crippen molar-refractivity contribution in [3.63, 3.8) is 0 Å². The van der Waals surface area contributed by atoms with Gasteiger partial charge in [0.15, 0.2) is 0 Å². The van der Waals surface area contributed by atoms with Crippen molar-refractivity contribution in [2.45, 2.75) is 33.4 Å². The highest BCUT2D eigenvalue weighted by atomic mass is 16.5. The summed E-state index contributed by atoms with van der Waals surface area (Å²) in [6.07, 6.45) is 4.12. The zero-order valence-corrected chi connectivity index (χ0v) is 20.2. The van der Waals surface area contributed by atoms with Gasteiger partial charge in [-0.1, -0.05) is 24.3 Å². The minimum absolute atomic E-state index is 0.142. The molecule has 34 heavy (non-hydrogen) atoms. The SMILES string of the molecule is CCOc1ccc(CN2CCOc3ccccc3CC(=O)N(CC)CC2)cc1Cn1cccn1. The Balaban J connectivity index is 1.52. The maximum atomic E-state index is 12.9. The highest BCUT2D eigenvalue weighted by molar-refractivity contribution is 5.79. The van der Waals surface area contributed by atoms with Crippen LogP contribution in [-0.2, 0) is 24.3 Å². The number of nitrogens with zero attached hydrogens (tertiary/aromatic N) is 4. The molecule has 2 heterocycles. The summed E-state index contributed by atoms with van der Waals surface area (Å²) < 4.78 is 13.9. The zero-order valence-electron chi connectivity index (χ0n) is 20.2. The molecule has 1 amide bonds. The summed E-state index contributed by atoms with van der Waals surface area (Å²) in [5.41, 5.74) is 3.26. The van der Waals surface area contributed by atoms with Gasteiger partial charge in [0.1, 0.15) is 18.1 Å². The van der Waals surface area contributed by atoms with Gasteiger partial charge in [-0.15, -0.1) is 0 Å². The van der Waals surface area contributed by atoms with Crippen molar-refractivity contribution in [1.82, 2.24) is 19.6 Å².